The maximum atomic E-state index is 11.5. The lowest BCUT2D eigenvalue weighted by Crippen LogP contribution is -2.45. The SMILES string of the molecule is COc1ccc(NC(C)(C(=O)O)C2CC2)c([N+](=O)[O-])c1. The van der Waals surface area contributed by atoms with Crippen molar-refractivity contribution in [1.82, 2.24) is 0 Å². The molecule has 2 N–H and O–H groups in total. The van der Waals surface area contributed by atoms with E-state index in [9.17, 15) is 20.0 Å². The first-order chi connectivity index (χ1) is 9.38. The van der Waals surface area contributed by atoms with Gasteiger partial charge in [0, 0.05) is 0 Å². The van der Waals surface area contributed by atoms with Crippen LogP contribution in [0, 0.1) is 16.0 Å². The molecule has 0 saturated heterocycles. The second-order valence-corrected chi connectivity index (χ2v) is 5.05. The minimum Gasteiger partial charge on any atom is -0.496 e. The van der Waals surface area contributed by atoms with Crippen LogP contribution >= 0.6 is 0 Å². The van der Waals surface area contributed by atoms with Gasteiger partial charge in [-0.1, -0.05) is 0 Å². The summed E-state index contributed by atoms with van der Waals surface area (Å²) in [6.07, 6.45) is 1.61. The fourth-order valence-corrected chi connectivity index (χ4v) is 2.17. The van der Waals surface area contributed by atoms with Crippen LogP contribution in [0.4, 0.5) is 11.4 Å². The number of benzene rings is 1. The molecule has 0 aromatic heterocycles. The third-order valence-electron chi connectivity index (χ3n) is 3.63. The van der Waals surface area contributed by atoms with Crippen LogP contribution in [0.3, 0.4) is 0 Å². The molecule has 0 amide bonds. The molecule has 1 aliphatic carbocycles. The van der Waals surface area contributed by atoms with Crippen molar-refractivity contribution in [2.75, 3.05) is 12.4 Å². The van der Waals surface area contributed by atoms with Crippen molar-refractivity contribution in [1.29, 1.82) is 0 Å². The molecule has 0 heterocycles. The van der Waals surface area contributed by atoms with E-state index in [-0.39, 0.29) is 17.3 Å². The molecule has 0 spiro atoms. The number of nitro benzene ring substituents is 1. The number of aliphatic carboxylic acids is 1. The van der Waals surface area contributed by atoms with Crippen LogP contribution in [-0.2, 0) is 4.79 Å². The van der Waals surface area contributed by atoms with Crippen molar-refractivity contribution >= 4 is 17.3 Å². The minimum atomic E-state index is -1.20. The Labute approximate surface area is 115 Å². The highest BCUT2D eigenvalue weighted by atomic mass is 16.6. The van der Waals surface area contributed by atoms with E-state index in [0.717, 1.165) is 12.8 Å². The number of hydrogen-bond acceptors (Lipinski definition) is 5. The molecule has 2 rings (SSSR count). The molecular formula is C13H16N2O5. The average molecular weight is 280 g/mol. The van der Waals surface area contributed by atoms with Crippen LogP contribution in [0.25, 0.3) is 0 Å². The summed E-state index contributed by atoms with van der Waals surface area (Å²) in [5, 5.41) is 23.3. The number of hydrogen-bond donors (Lipinski definition) is 2. The van der Waals surface area contributed by atoms with E-state index in [1.54, 1.807) is 13.0 Å². The molecule has 0 aliphatic heterocycles. The normalized spacial score (nSPS) is 17.1. The molecule has 1 saturated carbocycles. The predicted octanol–water partition coefficient (Wildman–Crippen LogP) is 2.27. The van der Waals surface area contributed by atoms with Crippen LogP contribution in [0.5, 0.6) is 5.75 Å². The van der Waals surface area contributed by atoms with Gasteiger partial charge in [-0.05, 0) is 37.8 Å². The van der Waals surface area contributed by atoms with Gasteiger partial charge in [-0.2, -0.15) is 0 Å². The summed E-state index contributed by atoms with van der Waals surface area (Å²) in [7, 11) is 1.41. The molecule has 7 nitrogen and oxygen atoms in total. The van der Waals surface area contributed by atoms with Crippen molar-refractivity contribution in [3.63, 3.8) is 0 Å². The van der Waals surface area contributed by atoms with E-state index >= 15 is 0 Å². The summed E-state index contributed by atoms with van der Waals surface area (Å²) < 4.78 is 4.95. The highest BCUT2D eigenvalue weighted by Gasteiger charge is 2.48. The molecule has 1 atom stereocenters. The first kappa shape index (κ1) is 14.1. The van der Waals surface area contributed by atoms with E-state index in [2.05, 4.69) is 5.32 Å². The molecule has 1 fully saturated rings. The highest BCUT2D eigenvalue weighted by molar-refractivity contribution is 5.84. The predicted molar refractivity (Wildman–Crippen MR) is 72.0 cm³/mol. The van der Waals surface area contributed by atoms with Crippen LogP contribution < -0.4 is 10.1 Å². The van der Waals surface area contributed by atoms with Gasteiger partial charge < -0.3 is 15.2 Å². The second kappa shape index (κ2) is 4.99. The molecule has 1 unspecified atom stereocenters. The zero-order valence-electron chi connectivity index (χ0n) is 11.3. The highest BCUT2D eigenvalue weighted by Crippen LogP contribution is 2.43. The molecule has 1 aromatic rings. The van der Waals surface area contributed by atoms with Gasteiger partial charge in [0.15, 0.2) is 0 Å². The Morgan fingerprint density at radius 2 is 2.20 bits per heavy atom. The fraction of sp³-hybridized carbons (Fsp3) is 0.462. The number of rotatable bonds is 6. The molecular weight excluding hydrogens is 264 g/mol. The summed E-state index contributed by atoms with van der Waals surface area (Å²) in [6.45, 7) is 1.56. The molecule has 7 heteroatoms. The zero-order valence-corrected chi connectivity index (χ0v) is 11.3. The number of nitro groups is 1. The topological polar surface area (TPSA) is 102 Å². The third kappa shape index (κ3) is 2.52. The Bertz CT molecular complexity index is 556. The molecule has 1 aliphatic rings. The standard InChI is InChI=1S/C13H16N2O5/c1-13(12(16)17,8-3-4-8)14-10-6-5-9(20-2)7-11(10)15(18)19/h5-8,14H,3-4H2,1-2H3,(H,16,17). The number of ether oxygens (including phenoxy) is 1. The number of carbonyl (C=O) groups is 1. The molecule has 20 heavy (non-hydrogen) atoms. The van der Waals surface area contributed by atoms with Gasteiger partial charge in [-0.15, -0.1) is 0 Å². The molecule has 0 bridgehead atoms. The lowest BCUT2D eigenvalue weighted by Gasteiger charge is -2.27. The van der Waals surface area contributed by atoms with Crippen LogP contribution in [0.2, 0.25) is 0 Å². The van der Waals surface area contributed by atoms with Crippen molar-refractivity contribution in [3.8, 4) is 5.75 Å². The van der Waals surface area contributed by atoms with Gasteiger partial charge in [0.05, 0.1) is 18.1 Å². The van der Waals surface area contributed by atoms with Gasteiger partial charge in [-0.3, -0.25) is 10.1 Å². The van der Waals surface area contributed by atoms with Gasteiger partial charge in [0.25, 0.3) is 5.69 Å². The van der Waals surface area contributed by atoms with E-state index < -0.39 is 16.4 Å². The first-order valence-corrected chi connectivity index (χ1v) is 6.22. The summed E-state index contributed by atoms with van der Waals surface area (Å²) in [6, 6.07) is 4.31. The van der Waals surface area contributed by atoms with Crippen LogP contribution in [0.15, 0.2) is 18.2 Å². The lowest BCUT2D eigenvalue weighted by molar-refractivity contribution is -0.384. The first-order valence-electron chi connectivity index (χ1n) is 6.22. The summed E-state index contributed by atoms with van der Waals surface area (Å²) in [5.41, 5.74) is -1.20. The van der Waals surface area contributed by atoms with Gasteiger partial charge >= 0.3 is 5.97 Å². The van der Waals surface area contributed by atoms with E-state index in [4.69, 9.17) is 4.74 Å². The third-order valence-corrected chi connectivity index (χ3v) is 3.63. The molecule has 108 valence electrons. The molecule has 0 radical (unpaired) electrons. The second-order valence-electron chi connectivity index (χ2n) is 5.05. The Morgan fingerprint density at radius 1 is 1.55 bits per heavy atom. The monoisotopic (exact) mass is 280 g/mol. The summed E-state index contributed by atoms with van der Waals surface area (Å²) in [4.78, 5) is 22.0. The maximum Gasteiger partial charge on any atom is 0.329 e. The Balaban J connectivity index is 2.37. The lowest BCUT2D eigenvalue weighted by atomic mass is 9.95. The largest absolute Gasteiger partial charge is 0.496 e. The Hall–Kier alpha value is -2.31. The minimum absolute atomic E-state index is 0.0123. The zero-order chi connectivity index (χ0) is 14.9. The average Bonchev–Trinajstić information content (AvgIpc) is 3.23. The maximum absolute atomic E-state index is 11.5. The molecule has 1 aromatic carbocycles. The smallest absolute Gasteiger partial charge is 0.329 e. The van der Waals surface area contributed by atoms with E-state index in [1.165, 1.54) is 19.2 Å². The van der Waals surface area contributed by atoms with Crippen molar-refractivity contribution in [3.05, 3.63) is 28.3 Å². The van der Waals surface area contributed by atoms with E-state index in [0.29, 0.717) is 5.75 Å². The van der Waals surface area contributed by atoms with Gasteiger partial charge in [0.1, 0.15) is 17.0 Å². The fourth-order valence-electron chi connectivity index (χ4n) is 2.17. The van der Waals surface area contributed by atoms with Crippen LogP contribution in [-0.4, -0.2) is 28.6 Å². The number of nitrogens with zero attached hydrogens (tertiary/aromatic N) is 1. The number of nitrogens with one attached hydrogen (secondary N) is 1. The van der Waals surface area contributed by atoms with Crippen molar-refractivity contribution < 1.29 is 19.6 Å². The van der Waals surface area contributed by atoms with Crippen molar-refractivity contribution in [2.45, 2.75) is 25.3 Å². The number of carboxylic acid groups (broad SMARTS) is 1. The quantitative estimate of drug-likeness (QED) is 0.612. The summed E-state index contributed by atoms with van der Waals surface area (Å²) >= 11 is 0. The Kier molecular flexibility index (Phi) is 3.52. The van der Waals surface area contributed by atoms with Crippen molar-refractivity contribution in [2.24, 2.45) is 5.92 Å². The van der Waals surface area contributed by atoms with Crippen LogP contribution in [0.1, 0.15) is 19.8 Å². The van der Waals surface area contributed by atoms with Gasteiger partial charge in [0.2, 0.25) is 0 Å². The number of carboxylic acids is 1. The van der Waals surface area contributed by atoms with E-state index in [1.807, 2.05) is 0 Å². The van der Waals surface area contributed by atoms with Gasteiger partial charge in [-0.25, -0.2) is 4.79 Å². The number of methoxy groups -OCH3 is 1. The summed E-state index contributed by atoms with van der Waals surface area (Å²) in [5.74, 6) is -0.669. The number of anilines is 1. The Morgan fingerprint density at radius 3 is 2.65 bits per heavy atom.